The average molecular weight is 494 g/mol. The predicted octanol–water partition coefficient (Wildman–Crippen LogP) is 5.61. The predicted molar refractivity (Wildman–Crippen MR) is 135 cm³/mol. The number of aromatic nitrogens is 3. The molecule has 0 saturated carbocycles. The number of benzene rings is 2. The van der Waals surface area contributed by atoms with Gasteiger partial charge >= 0.3 is 5.97 Å². The van der Waals surface area contributed by atoms with Gasteiger partial charge in [0, 0.05) is 17.7 Å². The van der Waals surface area contributed by atoms with E-state index in [2.05, 4.69) is 11.5 Å². The van der Waals surface area contributed by atoms with Crippen molar-refractivity contribution in [2.24, 2.45) is 0 Å². The molecule has 7 nitrogen and oxygen atoms in total. The van der Waals surface area contributed by atoms with Gasteiger partial charge in [-0.3, -0.25) is 0 Å². The third-order valence-electron chi connectivity index (χ3n) is 5.80. The molecule has 0 N–H and O–H groups in total. The largest absolute Gasteiger partial charge is 0.493 e. The Bertz CT molecular complexity index is 1370. The molecule has 0 aliphatic rings. The molecule has 2 aromatic heterocycles. The number of hydrogen-bond acceptors (Lipinski definition) is 6. The number of hydrogen-bond donors (Lipinski definition) is 0. The highest BCUT2D eigenvalue weighted by atomic mass is 35.5. The van der Waals surface area contributed by atoms with Gasteiger partial charge in [-0.1, -0.05) is 48.9 Å². The summed E-state index contributed by atoms with van der Waals surface area (Å²) in [5.41, 5.74) is 5.31. The standard InChI is InChI=1S/C27H28ClN3O4/c1-6-22-30-23-16(2)12-17(3)29-26(23)31(22)15-18-13-20(28)25(21(14-18)33-4)35-24(27(32)34-5)19-10-8-7-9-11-19/h7-14,24H,6,15H2,1-5H3. The molecule has 0 aliphatic heterocycles. The second kappa shape index (κ2) is 10.4. The maximum absolute atomic E-state index is 12.5. The van der Waals surface area contributed by atoms with Crippen LogP contribution in [0.25, 0.3) is 11.2 Å². The molecular formula is C27H28ClN3O4. The quantitative estimate of drug-likeness (QED) is 0.297. The van der Waals surface area contributed by atoms with Crippen LogP contribution in [0.2, 0.25) is 5.02 Å². The average Bonchev–Trinajstić information content (AvgIpc) is 3.20. The second-order valence-corrected chi connectivity index (χ2v) is 8.67. The van der Waals surface area contributed by atoms with Crippen molar-refractivity contribution >= 4 is 28.7 Å². The number of carbonyl (C=O) groups is 1. The first-order valence-corrected chi connectivity index (χ1v) is 11.7. The first kappa shape index (κ1) is 24.5. The van der Waals surface area contributed by atoms with Crippen LogP contribution in [0.4, 0.5) is 0 Å². The van der Waals surface area contributed by atoms with E-state index in [9.17, 15) is 4.79 Å². The third-order valence-corrected chi connectivity index (χ3v) is 6.08. The number of rotatable bonds is 8. The number of esters is 1. The molecule has 35 heavy (non-hydrogen) atoms. The van der Waals surface area contributed by atoms with E-state index < -0.39 is 12.1 Å². The zero-order chi connectivity index (χ0) is 25.1. The van der Waals surface area contributed by atoms with Crippen LogP contribution in [0.1, 0.15) is 41.2 Å². The minimum Gasteiger partial charge on any atom is -0.493 e. The molecule has 0 fully saturated rings. The normalized spacial score (nSPS) is 11.9. The van der Waals surface area contributed by atoms with E-state index in [0.717, 1.165) is 40.2 Å². The van der Waals surface area contributed by atoms with Crippen LogP contribution < -0.4 is 9.47 Å². The van der Waals surface area contributed by atoms with Crippen LogP contribution in [-0.4, -0.2) is 34.7 Å². The Balaban J connectivity index is 1.73. The van der Waals surface area contributed by atoms with Gasteiger partial charge in [0.25, 0.3) is 0 Å². The minimum absolute atomic E-state index is 0.271. The highest BCUT2D eigenvalue weighted by Crippen LogP contribution is 2.40. The van der Waals surface area contributed by atoms with Crippen LogP contribution in [0, 0.1) is 13.8 Å². The van der Waals surface area contributed by atoms with E-state index in [1.165, 1.54) is 14.2 Å². The van der Waals surface area contributed by atoms with E-state index in [1.54, 1.807) is 12.1 Å². The van der Waals surface area contributed by atoms with E-state index in [1.807, 2.05) is 50.2 Å². The molecule has 182 valence electrons. The lowest BCUT2D eigenvalue weighted by Gasteiger charge is -2.20. The fourth-order valence-electron chi connectivity index (χ4n) is 4.15. The first-order chi connectivity index (χ1) is 16.9. The van der Waals surface area contributed by atoms with Gasteiger partial charge in [-0.2, -0.15) is 0 Å². The number of fused-ring (bicyclic) bond motifs is 1. The molecule has 0 spiro atoms. The van der Waals surface area contributed by atoms with E-state index in [0.29, 0.717) is 22.9 Å². The number of nitrogens with zero attached hydrogens (tertiary/aromatic N) is 3. The number of methoxy groups -OCH3 is 2. The van der Waals surface area contributed by atoms with Crippen LogP contribution in [-0.2, 0) is 22.5 Å². The van der Waals surface area contributed by atoms with Crippen LogP contribution in [0.15, 0.2) is 48.5 Å². The maximum Gasteiger partial charge on any atom is 0.351 e. The summed E-state index contributed by atoms with van der Waals surface area (Å²) in [5, 5.41) is 0.326. The van der Waals surface area contributed by atoms with Crippen molar-refractivity contribution in [3.05, 3.63) is 81.8 Å². The highest BCUT2D eigenvalue weighted by Gasteiger charge is 2.27. The molecule has 0 aliphatic carbocycles. The lowest BCUT2D eigenvalue weighted by Crippen LogP contribution is -2.20. The number of halogens is 1. The van der Waals surface area contributed by atoms with Crippen molar-refractivity contribution in [2.75, 3.05) is 14.2 Å². The van der Waals surface area contributed by atoms with Gasteiger partial charge in [0.2, 0.25) is 6.10 Å². The fourth-order valence-corrected chi connectivity index (χ4v) is 4.43. The molecule has 0 amide bonds. The van der Waals surface area contributed by atoms with E-state index >= 15 is 0 Å². The summed E-state index contributed by atoms with van der Waals surface area (Å²) in [5.74, 6) is 1.09. The Morgan fingerprint density at radius 2 is 1.83 bits per heavy atom. The Labute approximate surface area is 209 Å². The van der Waals surface area contributed by atoms with E-state index in [4.69, 9.17) is 35.8 Å². The van der Waals surface area contributed by atoms with Gasteiger partial charge in [0.15, 0.2) is 17.1 Å². The van der Waals surface area contributed by atoms with E-state index in [-0.39, 0.29) is 5.75 Å². The van der Waals surface area contributed by atoms with Crippen molar-refractivity contribution in [2.45, 2.75) is 39.8 Å². The summed E-state index contributed by atoms with van der Waals surface area (Å²) in [4.78, 5) is 22.1. The summed E-state index contributed by atoms with van der Waals surface area (Å²) < 4.78 is 18.8. The molecule has 0 saturated heterocycles. The van der Waals surface area contributed by atoms with Gasteiger partial charge in [0.1, 0.15) is 11.3 Å². The smallest absolute Gasteiger partial charge is 0.351 e. The third kappa shape index (κ3) is 4.95. The fraction of sp³-hybridized carbons (Fsp3) is 0.296. The van der Waals surface area contributed by atoms with Gasteiger partial charge in [-0.25, -0.2) is 14.8 Å². The Morgan fingerprint density at radius 3 is 2.49 bits per heavy atom. The number of imidazole rings is 1. The zero-order valence-corrected chi connectivity index (χ0v) is 21.2. The van der Waals surface area contributed by atoms with Crippen molar-refractivity contribution in [1.82, 2.24) is 14.5 Å². The van der Waals surface area contributed by atoms with Crippen molar-refractivity contribution < 1.29 is 19.0 Å². The molecule has 1 unspecified atom stereocenters. The monoisotopic (exact) mass is 493 g/mol. The first-order valence-electron chi connectivity index (χ1n) is 11.3. The lowest BCUT2D eigenvalue weighted by atomic mass is 10.1. The molecule has 1 atom stereocenters. The lowest BCUT2D eigenvalue weighted by molar-refractivity contribution is -0.149. The summed E-state index contributed by atoms with van der Waals surface area (Å²) in [6.07, 6.45) is -0.225. The molecule has 4 aromatic rings. The summed E-state index contributed by atoms with van der Waals surface area (Å²) >= 11 is 6.68. The van der Waals surface area contributed by atoms with Gasteiger partial charge in [-0.05, 0) is 43.2 Å². The van der Waals surface area contributed by atoms with Crippen LogP contribution in [0.5, 0.6) is 11.5 Å². The van der Waals surface area contributed by atoms with Crippen molar-refractivity contribution in [1.29, 1.82) is 0 Å². The Morgan fingerprint density at radius 1 is 1.09 bits per heavy atom. The maximum atomic E-state index is 12.5. The molecule has 2 aromatic carbocycles. The second-order valence-electron chi connectivity index (χ2n) is 8.26. The number of aryl methyl sites for hydroxylation is 3. The zero-order valence-electron chi connectivity index (χ0n) is 20.5. The summed E-state index contributed by atoms with van der Waals surface area (Å²) in [6, 6.07) is 14.8. The Kier molecular flexibility index (Phi) is 7.26. The summed E-state index contributed by atoms with van der Waals surface area (Å²) in [7, 11) is 2.86. The van der Waals surface area contributed by atoms with Gasteiger partial charge < -0.3 is 18.8 Å². The van der Waals surface area contributed by atoms with Crippen LogP contribution in [0.3, 0.4) is 0 Å². The molecule has 0 radical (unpaired) electrons. The van der Waals surface area contributed by atoms with Crippen LogP contribution >= 0.6 is 11.6 Å². The van der Waals surface area contributed by atoms with Gasteiger partial charge in [0.05, 0.1) is 25.8 Å². The van der Waals surface area contributed by atoms with Crippen molar-refractivity contribution in [3.8, 4) is 11.5 Å². The molecule has 4 rings (SSSR count). The number of carbonyl (C=O) groups excluding carboxylic acids is 1. The molecule has 8 heteroatoms. The molecule has 2 heterocycles. The minimum atomic E-state index is -0.988. The topological polar surface area (TPSA) is 75.5 Å². The highest BCUT2D eigenvalue weighted by molar-refractivity contribution is 6.32. The molecular weight excluding hydrogens is 466 g/mol. The number of ether oxygens (including phenoxy) is 3. The van der Waals surface area contributed by atoms with Gasteiger partial charge in [-0.15, -0.1) is 0 Å². The SMILES string of the molecule is CCc1nc2c(C)cc(C)nc2n1Cc1cc(Cl)c(OC(C(=O)OC)c2ccccc2)c(OC)c1. The molecule has 0 bridgehead atoms. The van der Waals surface area contributed by atoms with Crippen molar-refractivity contribution in [3.63, 3.8) is 0 Å². The summed E-state index contributed by atoms with van der Waals surface area (Å²) in [6.45, 7) is 6.60. The Hall–Kier alpha value is -3.58. The number of pyridine rings is 1.